The van der Waals surface area contributed by atoms with Crippen molar-refractivity contribution in [2.75, 3.05) is 13.2 Å². The first-order valence-corrected chi connectivity index (χ1v) is 5.06. The molecule has 0 rings (SSSR count). The first-order chi connectivity index (χ1) is 6.72. The molecule has 0 bridgehead atoms. The fraction of sp³-hybridized carbons (Fsp3) is 0.800. The maximum Gasteiger partial charge on any atom is 0.417 e. The van der Waals surface area contributed by atoms with Crippen LogP contribution in [0.2, 0.25) is 0 Å². The minimum atomic E-state index is -0.886. The van der Waals surface area contributed by atoms with Crippen LogP contribution in [0.3, 0.4) is 0 Å². The predicted octanol–water partition coefficient (Wildman–Crippen LogP) is 1.67. The summed E-state index contributed by atoms with van der Waals surface area (Å²) < 4.78 is 9.29. The van der Waals surface area contributed by atoms with Gasteiger partial charge in [-0.05, 0) is 12.8 Å². The number of rotatable bonds is 6. The molecular weight excluding hydrogens is 184 g/mol. The molecular formula is C10H18O4. The highest BCUT2D eigenvalue weighted by Crippen LogP contribution is 1.95. The average molecular weight is 202 g/mol. The fourth-order valence-electron chi connectivity index (χ4n) is 0.830. The Morgan fingerprint density at radius 3 is 1.93 bits per heavy atom. The molecule has 0 aliphatic rings. The first-order valence-electron chi connectivity index (χ1n) is 5.06. The van der Waals surface area contributed by atoms with Crippen LogP contribution >= 0.6 is 0 Å². The van der Waals surface area contributed by atoms with Gasteiger partial charge in [-0.2, -0.15) is 0 Å². The Labute approximate surface area is 84.6 Å². The molecule has 0 radical (unpaired) electrons. The molecule has 0 N–H and O–H groups in total. The third-order valence-corrected chi connectivity index (χ3v) is 1.58. The minimum Gasteiger partial charge on any atom is -0.457 e. The Morgan fingerprint density at radius 1 is 0.857 bits per heavy atom. The molecule has 0 amide bonds. The maximum absolute atomic E-state index is 10.9. The highest BCUT2D eigenvalue weighted by molar-refractivity contribution is 6.29. The van der Waals surface area contributed by atoms with Crippen molar-refractivity contribution in [2.24, 2.45) is 0 Å². The van der Waals surface area contributed by atoms with Gasteiger partial charge >= 0.3 is 11.9 Å². The zero-order valence-corrected chi connectivity index (χ0v) is 8.88. The van der Waals surface area contributed by atoms with Crippen LogP contribution in [0.1, 0.15) is 39.5 Å². The number of hydrogen-bond acceptors (Lipinski definition) is 4. The van der Waals surface area contributed by atoms with E-state index in [2.05, 4.69) is 16.4 Å². The summed E-state index contributed by atoms with van der Waals surface area (Å²) in [5.41, 5.74) is 0. The first kappa shape index (κ1) is 12.9. The molecule has 0 heterocycles. The van der Waals surface area contributed by atoms with E-state index in [0.717, 1.165) is 19.3 Å². The van der Waals surface area contributed by atoms with Gasteiger partial charge in [0.1, 0.15) is 0 Å². The van der Waals surface area contributed by atoms with E-state index in [9.17, 15) is 9.59 Å². The Morgan fingerprint density at radius 2 is 1.43 bits per heavy atom. The summed E-state index contributed by atoms with van der Waals surface area (Å²) in [5.74, 6) is -1.77. The van der Waals surface area contributed by atoms with Crippen LogP contribution in [0, 0.1) is 0 Å². The average Bonchev–Trinajstić information content (AvgIpc) is 2.20. The van der Waals surface area contributed by atoms with Gasteiger partial charge in [0.15, 0.2) is 0 Å². The topological polar surface area (TPSA) is 52.6 Å². The number of ether oxygens (including phenoxy) is 2. The summed E-state index contributed by atoms with van der Waals surface area (Å²) in [7, 11) is 0. The summed E-state index contributed by atoms with van der Waals surface area (Å²) in [5, 5.41) is 0. The van der Waals surface area contributed by atoms with E-state index in [0.29, 0.717) is 13.0 Å². The van der Waals surface area contributed by atoms with Gasteiger partial charge in [-0.3, -0.25) is 0 Å². The summed E-state index contributed by atoms with van der Waals surface area (Å²) in [6.07, 6.45) is 3.55. The molecule has 0 aliphatic carbocycles. The van der Waals surface area contributed by atoms with E-state index in [1.165, 1.54) is 0 Å². The van der Waals surface area contributed by atoms with E-state index < -0.39 is 11.9 Å². The Balaban J connectivity index is 3.47. The summed E-state index contributed by atoms with van der Waals surface area (Å²) in [6, 6.07) is 0. The molecule has 0 aromatic carbocycles. The molecule has 0 spiro atoms. The predicted molar refractivity (Wildman–Crippen MR) is 51.7 cm³/mol. The largest absolute Gasteiger partial charge is 0.457 e. The minimum absolute atomic E-state index is 0.267. The Bertz CT molecular complexity index is 177. The van der Waals surface area contributed by atoms with Crippen molar-refractivity contribution in [3.05, 3.63) is 0 Å². The lowest BCUT2D eigenvalue weighted by molar-refractivity contribution is -0.167. The smallest absolute Gasteiger partial charge is 0.417 e. The number of esters is 2. The fourth-order valence-corrected chi connectivity index (χ4v) is 0.830. The van der Waals surface area contributed by atoms with Gasteiger partial charge in [0.05, 0.1) is 13.2 Å². The van der Waals surface area contributed by atoms with Crippen LogP contribution in [-0.2, 0) is 19.1 Å². The van der Waals surface area contributed by atoms with Crippen molar-refractivity contribution < 1.29 is 19.1 Å². The van der Waals surface area contributed by atoms with Crippen molar-refractivity contribution in [3.63, 3.8) is 0 Å². The van der Waals surface area contributed by atoms with Crippen LogP contribution in [-0.4, -0.2) is 25.2 Å². The molecule has 0 aromatic rings. The molecule has 0 saturated carbocycles. The summed E-state index contributed by atoms with van der Waals surface area (Å²) in [6.45, 7) is 4.48. The van der Waals surface area contributed by atoms with Crippen molar-refractivity contribution in [3.8, 4) is 0 Å². The van der Waals surface area contributed by atoms with Gasteiger partial charge < -0.3 is 9.47 Å². The number of hydrogen-bond donors (Lipinski definition) is 0. The number of carbonyl (C=O) groups is 2. The standard InChI is InChI=1S/C10H18O4/c1-3-5-6-8-14-10(12)9(11)13-7-4-2/h3-8H2,1-2H3. The Kier molecular flexibility index (Phi) is 7.89. The lowest BCUT2D eigenvalue weighted by Crippen LogP contribution is -2.21. The van der Waals surface area contributed by atoms with E-state index in [1.807, 2.05) is 6.92 Å². The molecule has 0 aliphatic heterocycles. The Hall–Kier alpha value is -1.06. The van der Waals surface area contributed by atoms with Crippen LogP contribution in [0.15, 0.2) is 0 Å². The molecule has 0 saturated heterocycles. The van der Waals surface area contributed by atoms with Crippen LogP contribution < -0.4 is 0 Å². The summed E-state index contributed by atoms with van der Waals surface area (Å²) >= 11 is 0. The highest BCUT2D eigenvalue weighted by Gasteiger charge is 2.15. The molecule has 82 valence electrons. The van der Waals surface area contributed by atoms with E-state index >= 15 is 0 Å². The molecule has 0 unspecified atom stereocenters. The highest BCUT2D eigenvalue weighted by atomic mass is 16.6. The van der Waals surface area contributed by atoms with Gasteiger partial charge in [-0.25, -0.2) is 9.59 Å². The van der Waals surface area contributed by atoms with Crippen molar-refractivity contribution in [2.45, 2.75) is 39.5 Å². The molecule has 0 fully saturated rings. The van der Waals surface area contributed by atoms with Crippen LogP contribution in [0.4, 0.5) is 0 Å². The quantitative estimate of drug-likeness (QED) is 0.373. The molecule has 4 nitrogen and oxygen atoms in total. The van der Waals surface area contributed by atoms with E-state index in [-0.39, 0.29) is 6.61 Å². The van der Waals surface area contributed by atoms with Gasteiger partial charge in [0.25, 0.3) is 0 Å². The van der Waals surface area contributed by atoms with E-state index in [1.54, 1.807) is 0 Å². The van der Waals surface area contributed by atoms with Gasteiger partial charge in [-0.15, -0.1) is 0 Å². The van der Waals surface area contributed by atoms with Gasteiger partial charge in [0, 0.05) is 0 Å². The van der Waals surface area contributed by atoms with Crippen molar-refractivity contribution >= 4 is 11.9 Å². The van der Waals surface area contributed by atoms with Gasteiger partial charge in [0.2, 0.25) is 0 Å². The molecule has 0 aromatic heterocycles. The normalized spacial score (nSPS) is 9.57. The zero-order chi connectivity index (χ0) is 10.8. The maximum atomic E-state index is 10.9. The third kappa shape index (κ3) is 6.46. The lowest BCUT2D eigenvalue weighted by atomic mass is 10.3. The second-order valence-corrected chi connectivity index (χ2v) is 2.98. The van der Waals surface area contributed by atoms with Gasteiger partial charge in [-0.1, -0.05) is 26.7 Å². The second kappa shape index (κ2) is 8.53. The SMILES string of the molecule is CCCCCOC(=O)C(=O)OCCC. The molecule has 4 heteroatoms. The summed E-state index contributed by atoms with van der Waals surface area (Å²) in [4.78, 5) is 21.8. The van der Waals surface area contributed by atoms with Crippen molar-refractivity contribution in [1.82, 2.24) is 0 Å². The van der Waals surface area contributed by atoms with Crippen molar-refractivity contribution in [1.29, 1.82) is 0 Å². The third-order valence-electron chi connectivity index (χ3n) is 1.58. The number of carbonyl (C=O) groups excluding carboxylic acids is 2. The molecule has 14 heavy (non-hydrogen) atoms. The number of unbranched alkanes of at least 4 members (excludes halogenated alkanes) is 2. The van der Waals surface area contributed by atoms with E-state index in [4.69, 9.17) is 0 Å². The lowest BCUT2D eigenvalue weighted by Gasteiger charge is -2.03. The van der Waals surface area contributed by atoms with Crippen LogP contribution in [0.25, 0.3) is 0 Å². The zero-order valence-electron chi connectivity index (χ0n) is 8.88. The monoisotopic (exact) mass is 202 g/mol. The second-order valence-electron chi connectivity index (χ2n) is 2.98. The van der Waals surface area contributed by atoms with Crippen LogP contribution in [0.5, 0.6) is 0 Å². The molecule has 0 atom stereocenters.